The van der Waals surface area contributed by atoms with Crippen molar-refractivity contribution in [1.29, 1.82) is 0 Å². The molecule has 1 saturated heterocycles. The van der Waals surface area contributed by atoms with E-state index in [1.807, 2.05) is 7.05 Å². The van der Waals surface area contributed by atoms with Crippen molar-refractivity contribution >= 4 is 5.96 Å². The Kier molecular flexibility index (Phi) is 8.62. The summed E-state index contributed by atoms with van der Waals surface area (Å²) in [4.78, 5) is 9.12. The van der Waals surface area contributed by atoms with Crippen LogP contribution in [-0.4, -0.2) is 75.8 Å². The number of guanidine groups is 1. The number of likely N-dealkylation sites (tertiary alicyclic amines) is 1. The zero-order valence-corrected chi connectivity index (χ0v) is 13.7. The van der Waals surface area contributed by atoms with Crippen molar-refractivity contribution in [2.75, 3.05) is 54.0 Å². The largest absolute Gasteiger partial charge is 0.383 e. The quantitative estimate of drug-likeness (QED) is 0.540. The highest BCUT2D eigenvalue weighted by Gasteiger charge is 2.24. The topological polar surface area (TPSA) is 40.1 Å². The highest BCUT2D eigenvalue weighted by Crippen LogP contribution is 2.15. The minimum atomic E-state index is 0.612. The van der Waals surface area contributed by atoms with E-state index in [-0.39, 0.29) is 0 Å². The van der Waals surface area contributed by atoms with Crippen molar-refractivity contribution in [3.63, 3.8) is 0 Å². The van der Waals surface area contributed by atoms with Crippen LogP contribution >= 0.6 is 0 Å². The van der Waals surface area contributed by atoms with Crippen molar-refractivity contribution in [2.45, 2.75) is 38.6 Å². The van der Waals surface area contributed by atoms with E-state index >= 15 is 0 Å². The lowest BCUT2D eigenvalue weighted by molar-refractivity contribution is 0.141. The van der Waals surface area contributed by atoms with Crippen LogP contribution in [0.5, 0.6) is 0 Å². The molecule has 0 aromatic rings. The average Bonchev–Trinajstić information content (AvgIpc) is 2.91. The molecule has 0 aromatic heterocycles. The lowest BCUT2D eigenvalue weighted by Crippen LogP contribution is -2.46. The van der Waals surface area contributed by atoms with Gasteiger partial charge in [-0.25, -0.2) is 0 Å². The van der Waals surface area contributed by atoms with Crippen LogP contribution in [0.2, 0.25) is 0 Å². The molecule has 0 bridgehead atoms. The number of aliphatic imine (C=N–C) groups is 1. The molecule has 0 aromatic carbocycles. The minimum Gasteiger partial charge on any atom is -0.383 e. The highest BCUT2D eigenvalue weighted by atomic mass is 16.5. The van der Waals surface area contributed by atoms with Gasteiger partial charge >= 0.3 is 0 Å². The Bertz CT molecular complexity index is 283. The Morgan fingerprint density at radius 2 is 2.30 bits per heavy atom. The van der Waals surface area contributed by atoms with Crippen molar-refractivity contribution in [2.24, 2.45) is 4.99 Å². The van der Waals surface area contributed by atoms with Gasteiger partial charge in [0.2, 0.25) is 0 Å². The molecule has 0 unspecified atom stereocenters. The van der Waals surface area contributed by atoms with Crippen LogP contribution in [0.15, 0.2) is 4.99 Å². The first kappa shape index (κ1) is 17.2. The molecule has 0 aliphatic carbocycles. The van der Waals surface area contributed by atoms with E-state index in [9.17, 15) is 0 Å². The second-order valence-electron chi connectivity index (χ2n) is 5.53. The van der Waals surface area contributed by atoms with Gasteiger partial charge in [0.05, 0.1) is 6.61 Å². The molecular formula is C15H32N4O. The summed E-state index contributed by atoms with van der Waals surface area (Å²) in [6.45, 7) is 7.31. The number of unbranched alkanes of at least 4 members (excludes halogenated alkanes) is 1. The third-order valence-corrected chi connectivity index (χ3v) is 4.00. The molecule has 20 heavy (non-hydrogen) atoms. The standard InChI is InChI=1S/C15H32N4O/c1-5-6-9-18(3)15(16-2)17-13-14-8-7-10-19(14)11-12-20-4/h14H,5-13H2,1-4H3,(H,16,17)/t14-/m0/s1. The van der Waals surface area contributed by atoms with Crippen LogP contribution in [0.25, 0.3) is 0 Å². The molecule has 0 spiro atoms. The van der Waals surface area contributed by atoms with Gasteiger partial charge in [0.15, 0.2) is 5.96 Å². The fraction of sp³-hybridized carbons (Fsp3) is 0.933. The van der Waals surface area contributed by atoms with Gasteiger partial charge < -0.3 is 15.0 Å². The van der Waals surface area contributed by atoms with Gasteiger partial charge in [-0.05, 0) is 25.8 Å². The maximum Gasteiger partial charge on any atom is 0.193 e. The molecule has 1 aliphatic heterocycles. The molecule has 1 N–H and O–H groups in total. The minimum absolute atomic E-state index is 0.612. The Morgan fingerprint density at radius 3 is 2.95 bits per heavy atom. The van der Waals surface area contributed by atoms with Crippen molar-refractivity contribution < 1.29 is 4.74 Å². The summed E-state index contributed by atoms with van der Waals surface area (Å²) in [7, 11) is 5.75. The summed E-state index contributed by atoms with van der Waals surface area (Å²) >= 11 is 0. The van der Waals surface area contributed by atoms with E-state index < -0.39 is 0 Å². The monoisotopic (exact) mass is 284 g/mol. The van der Waals surface area contributed by atoms with E-state index in [0.717, 1.165) is 32.2 Å². The number of nitrogens with zero attached hydrogens (tertiary/aromatic N) is 3. The molecule has 5 heteroatoms. The molecule has 0 amide bonds. The Hall–Kier alpha value is -0.810. The van der Waals surface area contributed by atoms with E-state index in [4.69, 9.17) is 4.74 Å². The van der Waals surface area contributed by atoms with Crippen LogP contribution in [0.3, 0.4) is 0 Å². The van der Waals surface area contributed by atoms with Gasteiger partial charge in [0.25, 0.3) is 0 Å². The van der Waals surface area contributed by atoms with E-state index in [0.29, 0.717) is 6.04 Å². The molecule has 1 aliphatic rings. The lowest BCUT2D eigenvalue weighted by atomic mass is 10.2. The number of hydrogen-bond acceptors (Lipinski definition) is 3. The van der Waals surface area contributed by atoms with Crippen LogP contribution in [-0.2, 0) is 4.74 Å². The Labute approximate surface area is 124 Å². The Morgan fingerprint density at radius 1 is 1.50 bits per heavy atom. The van der Waals surface area contributed by atoms with Crippen LogP contribution in [0.1, 0.15) is 32.6 Å². The maximum absolute atomic E-state index is 5.19. The number of nitrogens with one attached hydrogen (secondary N) is 1. The maximum atomic E-state index is 5.19. The predicted octanol–water partition coefficient (Wildman–Crippen LogP) is 1.40. The van der Waals surface area contributed by atoms with Crippen LogP contribution in [0.4, 0.5) is 0 Å². The highest BCUT2D eigenvalue weighted by molar-refractivity contribution is 5.79. The van der Waals surface area contributed by atoms with E-state index in [2.05, 4.69) is 34.1 Å². The number of hydrogen-bond donors (Lipinski definition) is 1. The fourth-order valence-corrected chi connectivity index (χ4v) is 2.72. The summed E-state index contributed by atoms with van der Waals surface area (Å²) in [6, 6.07) is 0.612. The molecule has 0 radical (unpaired) electrons. The summed E-state index contributed by atoms with van der Waals surface area (Å²) in [6.07, 6.45) is 4.99. The normalized spacial score (nSPS) is 20.4. The summed E-state index contributed by atoms with van der Waals surface area (Å²) in [5.74, 6) is 1.01. The first-order valence-corrected chi connectivity index (χ1v) is 7.87. The summed E-state index contributed by atoms with van der Waals surface area (Å²) in [5, 5.41) is 3.52. The van der Waals surface area contributed by atoms with Gasteiger partial charge in [0, 0.05) is 46.9 Å². The second-order valence-corrected chi connectivity index (χ2v) is 5.53. The van der Waals surface area contributed by atoms with Gasteiger partial charge in [-0.15, -0.1) is 0 Å². The van der Waals surface area contributed by atoms with Crippen LogP contribution in [0, 0.1) is 0 Å². The molecule has 1 rings (SSSR count). The zero-order chi connectivity index (χ0) is 14.8. The molecule has 118 valence electrons. The average molecular weight is 284 g/mol. The van der Waals surface area contributed by atoms with E-state index in [1.54, 1.807) is 7.11 Å². The first-order valence-electron chi connectivity index (χ1n) is 7.87. The summed E-state index contributed by atoms with van der Waals surface area (Å²) < 4.78 is 5.19. The van der Waals surface area contributed by atoms with Gasteiger partial charge in [0.1, 0.15) is 0 Å². The molecule has 0 saturated carbocycles. The van der Waals surface area contributed by atoms with E-state index in [1.165, 1.54) is 32.2 Å². The number of methoxy groups -OCH3 is 1. The molecule has 1 atom stereocenters. The van der Waals surface area contributed by atoms with Crippen LogP contribution < -0.4 is 5.32 Å². The van der Waals surface area contributed by atoms with Gasteiger partial charge in [-0.3, -0.25) is 9.89 Å². The van der Waals surface area contributed by atoms with Gasteiger partial charge in [-0.2, -0.15) is 0 Å². The third kappa shape index (κ3) is 5.67. The zero-order valence-electron chi connectivity index (χ0n) is 13.7. The smallest absolute Gasteiger partial charge is 0.193 e. The number of rotatable bonds is 8. The summed E-state index contributed by atoms with van der Waals surface area (Å²) in [5.41, 5.74) is 0. The third-order valence-electron chi connectivity index (χ3n) is 4.00. The molecular weight excluding hydrogens is 252 g/mol. The Balaban J connectivity index is 2.35. The van der Waals surface area contributed by atoms with Gasteiger partial charge in [-0.1, -0.05) is 13.3 Å². The fourth-order valence-electron chi connectivity index (χ4n) is 2.72. The lowest BCUT2D eigenvalue weighted by Gasteiger charge is -2.27. The SMILES string of the molecule is CCCCN(C)C(=NC)NC[C@@H]1CCCN1CCOC. The van der Waals surface area contributed by atoms with Crippen molar-refractivity contribution in [3.8, 4) is 0 Å². The second kappa shape index (κ2) is 10.00. The predicted molar refractivity (Wildman–Crippen MR) is 85.4 cm³/mol. The molecule has 5 nitrogen and oxygen atoms in total. The number of ether oxygens (including phenoxy) is 1. The first-order chi connectivity index (χ1) is 9.72. The molecule has 1 heterocycles. The van der Waals surface area contributed by atoms with Crippen molar-refractivity contribution in [3.05, 3.63) is 0 Å². The molecule has 1 fully saturated rings. The van der Waals surface area contributed by atoms with Crippen molar-refractivity contribution in [1.82, 2.24) is 15.1 Å².